The fraction of sp³-hybridized carbons (Fsp3) is 0.500. The van der Waals surface area contributed by atoms with E-state index in [1.165, 1.54) is 0 Å². The fourth-order valence-electron chi connectivity index (χ4n) is 0.495. The van der Waals surface area contributed by atoms with Crippen LogP contribution in [0.15, 0.2) is 30.3 Å². The largest absolute Gasteiger partial charge is 0.385 e. The second-order valence-corrected chi connectivity index (χ2v) is 4.44. The van der Waals surface area contributed by atoms with Crippen LogP contribution in [0.4, 0.5) is 5.69 Å². The molecular weight excluding hydrogens is 196 g/mol. The van der Waals surface area contributed by atoms with E-state index in [0.29, 0.717) is 11.1 Å². The average molecular weight is 222 g/mol. The minimum atomic E-state index is 0. The Morgan fingerprint density at radius 3 is 1.44 bits per heavy atom. The lowest BCUT2D eigenvalue weighted by Crippen LogP contribution is -1.93. The van der Waals surface area contributed by atoms with Gasteiger partial charge in [0.05, 0.1) is 0 Å². The summed E-state index contributed by atoms with van der Waals surface area (Å²) in [6, 6.07) is 8.94. The molecule has 0 heterocycles. The van der Waals surface area contributed by atoms with Gasteiger partial charge in [-0.2, -0.15) is 0 Å². The van der Waals surface area contributed by atoms with Crippen molar-refractivity contribution in [1.82, 2.24) is 0 Å². The van der Waals surface area contributed by atoms with E-state index in [-0.39, 0.29) is 7.43 Å². The van der Waals surface area contributed by atoms with E-state index in [0.717, 1.165) is 0 Å². The van der Waals surface area contributed by atoms with Crippen molar-refractivity contribution in [2.75, 3.05) is 0 Å². The Balaban J connectivity index is -0.000000187. The van der Waals surface area contributed by atoms with Gasteiger partial charge in [0.1, 0.15) is 0 Å². The van der Waals surface area contributed by atoms with Crippen LogP contribution in [0.3, 0.4) is 0 Å². The minimum absolute atomic E-state index is 0. The lowest BCUT2D eigenvalue weighted by molar-refractivity contribution is 0.469. The number of rotatable bonds is 0. The fourth-order valence-corrected chi connectivity index (χ4v) is 0.495. The van der Waals surface area contributed by atoms with E-state index in [4.69, 9.17) is 5.39 Å². The van der Waals surface area contributed by atoms with Crippen molar-refractivity contribution < 1.29 is 0 Å². The highest BCUT2D eigenvalue weighted by Gasteiger charge is 1.96. The first kappa shape index (κ1) is 20.1. The van der Waals surface area contributed by atoms with Gasteiger partial charge in [0.25, 0.3) is 0 Å². The van der Waals surface area contributed by atoms with E-state index in [9.17, 15) is 0 Å². The molecule has 0 saturated heterocycles. The highest BCUT2D eigenvalue weighted by molar-refractivity contribution is 5.42. The van der Waals surface area contributed by atoms with Crippen molar-refractivity contribution in [1.29, 1.82) is 5.39 Å². The molecule has 1 aromatic rings. The van der Waals surface area contributed by atoms with Crippen LogP contribution in [0.2, 0.25) is 0 Å². The second kappa shape index (κ2) is 11.7. The summed E-state index contributed by atoms with van der Waals surface area (Å²) >= 11 is 0. The Bertz CT molecular complexity index is 259. The Morgan fingerprint density at radius 1 is 0.938 bits per heavy atom. The molecule has 2 heteroatoms. The molecule has 0 atom stereocenters. The van der Waals surface area contributed by atoms with Gasteiger partial charge in [-0.25, -0.2) is 0 Å². The topological polar surface area (TPSA) is 28.1 Å². The van der Waals surface area contributed by atoms with Gasteiger partial charge in [-0.05, 0) is 5.41 Å². The van der Waals surface area contributed by atoms with Crippen molar-refractivity contribution in [3.8, 4) is 0 Å². The predicted octanol–water partition coefficient (Wildman–Crippen LogP) is 5.70. The standard InChI is InChI=1S/C6H5N2.C5H12.C2H6.CH3/c7-8-6-4-2-1-3-5-6;1-5(2,3)4;1-2;/h1-5H;1-4H3;1-2H3;1H3/q+1;;;-1. The van der Waals surface area contributed by atoms with Crippen molar-refractivity contribution in [3.05, 3.63) is 42.7 Å². The molecule has 0 unspecified atom stereocenters. The van der Waals surface area contributed by atoms with Crippen LogP contribution in [0, 0.1) is 18.2 Å². The normalized spacial score (nSPS) is 8.06. The monoisotopic (exact) mass is 222 g/mol. The summed E-state index contributed by atoms with van der Waals surface area (Å²) in [6.45, 7) is 12.8. The van der Waals surface area contributed by atoms with Gasteiger partial charge in [0, 0.05) is 12.1 Å². The molecule has 0 aliphatic carbocycles. The van der Waals surface area contributed by atoms with E-state index in [1.54, 1.807) is 12.1 Å². The molecule has 0 aromatic heterocycles. The Kier molecular flexibility index (Phi) is 14.7. The lowest BCUT2D eigenvalue weighted by atomic mass is 10.0. The van der Waals surface area contributed by atoms with Crippen LogP contribution >= 0.6 is 0 Å². The summed E-state index contributed by atoms with van der Waals surface area (Å²) in [5, 5.41) is 8.16. The molecule has 1 aromatic carbocycles. The van der Waals surface area contributed by atoms with Crippen LogP contribution in [0.25, 0.3) is 4.98 Å². The van der Waals surface area contributed by atoms with Gasteiger partial charge < -0.3 is 7.43 Å². The number of benzene rings is 1. The predicted molar refractivity (Wildman–Crippen MR) is 74.1 cm³/mol. The van der Waals surface area contributed by atoms with E-state index in [1.807, 2.05) is 32.0 Å². The molecule has 0 radical (unpaired) electrons. The van der Waals surface area contributed by atoms with Crippen molar-refractivity contribution in [2.45, 2.75) is 41.5 Å². The van der Waals surface area contributed by atoms with Crippen LogP contribution in [0.1, 0.15) is 41.5 Å². The molecule has 0 aliphatic heterocycles. The molecule has 0 amide bonds. The maximum atomic E-state index is 8.16. The van der Waals surface area contributed by atoms with E-state index >= 15 is 0 Å². The zero-order valence-corrected chi connectivity index (χ0v) is 11.8. The number of nitrogens with zero attached hydrogens (tertiary/aromatic N) is 2. The Labute approximate surface area is 101 Å². The molecule has 16 heavy (non-hydrogen) atoms. The smallest absolute Gasteiger partial charge is 0.358 e. The van der Waals surface area contributed by atoms with E-state index in [2.05, 4.69) is 32.7 Å². The minimum Gasteiger partial charge on any atom is -0.358 e. The van der Waals surface area contributed by atoms with Crippen LogP contribution in [-0.4, -0.2) is 0 Å². The van der Waals surface area contributed by atoms with Gasteiger partial charge in [0.15, 0.2) is 4.98 Å². The average Bonchev–Trinajstić information content (AvgIpc) is 2.20. The van der Waals surface area contributed by atoms with Crippen LogP contribution in [0.5, 0.6) is 0 Å². The second-order valence-electron chi connectivity index (χ2n) is 4.44. The Morgan fingerprint density at radius 2 is 1.25 bits per heavy atom. The molecule has 0 bridgehead atoms. The Hall–Kier alpha value is -1.36. The van der Waals surface area contributed by atoms with Crippen molar-refractivity contribution in [2.24, 2.45) is 5.41 Å². The third-order valence-electron chi connectivity index (χ3n) is 0.872. The molecule has 0 fully saturated rings. The van der Waals surface area contributed by atoms with Gasteiger partial charge in [0.2, 0.25) is 5.39 Å². The van der Waals surface area contributed by atoms with Gasteiger partial charge in [-0.1, -0.05) is 59.7 Å². The van der Waals surface area contributed by atoms with Gasteiger partial charge >= 0.3 is 5.69 Å². The first-order valence-electron chi connectivity index (χ1n) is 5.33. The van der Waals surface area contributed by atoms with Gasteiger partial charge in [-0.3, -0.25) is 0 Å². The molecule has 0 aliphatic rings. The molecule has 2 nitrogen and oxygen atoms in total. The summed E-state index contributed by atoms with van der Waals surface area (Å²) in [4.78, 5) is 2.97. The highest BCUT2D eigenvalue weighted by Crippen LogP contribution is 2.08. The molecule has 1 rings (SSSR count). The molecule has 0 spiro atoms. The SMILES string of the molecule is CC.CC(C)(C)C.N#[N+]c1ccccc1.[CH3-]. The number of hydrogen-bond acceptors (Lipinski definition) is 1. The number of hydrogen-bond donors (Lipinski definition) is 0. The van der Waals surface area contributed by atoms with Crippen molar-refractivity contribution in [3.63, 3.8) is 0 Å². The zero-order valence-electron chi connectivity index (χ0n) is 11.8. The highest BCUT2D eigenvalue weighted by atomic mass is 14.8. The first-order valence-corrected chi connectivity index (χ1v) is 5.33. The third-order valence-corrected chi connectivity index (χ3v) is 0.872. The third kappa shape index (κ3) is 22.9. The van der Waals surface area contributed by atoms with Crippen LogP contribution in [-0.2, 0) is 0 Å². The molecular formula is C14H26N2. The molecule has 92 valence electrons. The zero-order chi connectivity index (χ0) is 12.3. The summed E-state index contributed by atoms with van der Waals surface area (Å²) < 4.78 is 0. The van der Waals surface area contributed by atoms with Crippen molar-refractivity contribution >= 4 is 5.69 Å². The number of diazo groups is 1. The van der Waals surface area contributed by atoms with E-state index < -0.39 is 0 Å². The van der Waals surface area contributed by atoms with Gasteiger partial charge in [-0.15, -0.1) is 0 Å². The van der Waals surface area contributed by atoms with Crippen LogP contribution < -0.4 is 0 Å². The summed E-state index contributed by atoms with van der Waals surface area (Å²) in [7, 11) is 0. The summed E-state index contributed by atoms with van der Waals surface area (Å²) in [5.41, 5.74) is 1.09. The summed E-state index contributed by atoms with van der Waals surface area (Å²) in [5.74, 6) is 0. The molecule has 0 saturated carbocycles. The maximum absolute atomic E-state index is 8.16. The first-order chi connectivity index (χ1) is 6.93. The molecule has 0 N–H and O–H groups in total. The maximum Gasteiger partial charge on any atom is 0.385 e. The summed E-state index contributed by atoms with van der Waals surface area (Å²) in [6.07, 6.45) is 0. The quantitative estimate of drug-likeness (QED) is 0.409. The lowest BCUT2D eigenvalue weighted by Gasteiger charge is -2.05.